The second kappa shape index (κ2) is 15.1. The Balaban J connectivity index is 2.92. The summed E-state index contributed by atoms with van der Waals surface area (Å²) in [5.41, 5.74) is 11.8. The number of aliphatic hydroxyl groups is 1. The molecule has 0 spiro atoms. The van der Waals surface area contributed by atoms with E-state index in [0.717, 1.165) is 0 Å². The van der Waals surface area contributed by atoms with E-state index < -0.39 is 54.0 Å². The topological polar surface area (TPSA) is 226 Å². The lowest BCUT2D eigenvalue weighted by Gasteiger charge is -2.29. The fourth-order valence-corrected chi connectivity index (χ4v) is 3.33. The second-order valence-corrected chi connectivity index (χ2v) is 8.67. The van der Waals surface area contributed by atoms with Gasteiger partial charge < -0.3 is 42.6 Å². The zero-order valence-electron chi connectivity index (χ0n) is 20.5. The number of carbonyl (C=O) groups excluding carboxylic acids is 3. The normalized spacial score (nSPS) is 16.3. The van der Waals surface area contributed by atoms with Gasteiger partial charge in [0.2, 0.25) is 17.7 Å². The molecule has 0 aromatic carbocycles. The van der Waals surface area contributed by atoms with Crippen molar-refractivity contribution in [2.24, 2.45) is 17.4 Å². The third-order valence-electron chi connectivity index (χ3n) is 5.76. The van der Waals surface area contributed by atoms with Gasteiger partial charge in [0.25, 0.3) is 0 Å². The van der Waals surface area contributed by atoms with Gasteiger partial charge in [0.1, 0.15) is 18.1 Å². The molecule has 1 heterocycles. The first-order valence-corrected chi connectivity index (χ1v) is 11.8. The van der Waals surface area contributed by atoms with Gasteiger partial charge >= 0.3 is 5.97 Å². The number of nitrogens with one attached hydrogen (secondary N) is 4. The molecular weight excluding hydrogens is 458 g/mol. The monoisotopic (exact) mass is 497 g/mol. The smallest absolute Gasteiger partial charge is 0.326 e. The van der Waals surface area contributed by atoms with Crippen LogP contribution in [-0.2, 0) is 25.6 Å². The lowest BCUT2D eigenvalue weighted by atomic mass is 9.96. The third kappa shape index (κ3) is 10.0. The van der Waals surface area contributed by atoms with Crippen molar-refractivity contribution in [3.8, 4) is 0 Å². The second-order valence-electron chi connectivity index (χ2n) is 8.67. The number of unbranched alkanes of at least 4 members (excludes halogenated alkanes) is 1. The van der Waals surface area contributed by atoms with Crippen molar-refractivity contribution >= 4 is 23.7 Å². The number of hydrogen-bond donors (Lipinski definition) is 8. The molecule has 0 fully saturated rings. The standard InChI is InChI=1S/C22H39N7O6/c1-4-12(2)17(20(32)27-16(22(34)35)9-14-10-25-11-26-14)28-21(33)18(13(3)30)29-19(31)15(24)7-5-6-8-23/h10-13,15-18,30H,4-9,23-24H2,1-3H3,(H,25,26)(H,27,32)(H,28,33)(H,29,31)(H,34,35). The van der Waals surface area contributed by atoms with Crippen LogP contribution in [0.3, 0.4) is 0 Å². The molecule has 3 amide bonds. The average Bonchev–Trinajstić information content (AvgIpc) is 3.32. The van der Waals surface area contributed by atoms with E-state index in [0.29, 0.717) is 37.9 Å². The van der Waals surface area contributed by atoms with Crippen molar-refractivity contribution in [1.82, 2.24) is 25.9 Å². The van der Waals surface area contributed by atoms with Crippen LogP contribution >= 0.6 is 0 Å². The first-order chi connectivity index (χ1) is 16.5. The van der Waals surface area contributed by atoms with Crippen molar-refractivity contribution in [2.75, 3.05) is 6.54 Å². The number of aliphatic hydroxyl groups excluding tert-OH is 1. The number of aromatic nitrogens is 2. The molecule has 1 aromatic rings. The molecule has 6 unspecified atom stereocenters. The number of aromatic amines is 1. The van der Waals surface area contributed by atoms with Gasteiger partial charge in [-0.2, -0.15) is 0 Å². The summed E-state index contributed by atoms with van der Waals surface area (Å²) in [6, 6.07) is -4.61. The van der Waals surface area contributed by atoms with Crippen molar-refractivity contribution < 1.29 is 29.4 Å². The van der Waals surface area contributed by atoms with E-state index in [4.69, 9.17) is 11.5 Å². The Labute approximate surface area is 204 Å². The van der Waals surface area contributed by atoms with Crippen LogP contribution in [0.15, 0.2) is 12.5 Å². The number of rotatable bonds is 16. The zero-order chi connectivity index (χ0) is 26.5. The van der Waals surface area contributed by atoms with Crippen LogP contribution in [0.25, 0.3) is 0 Å². The SMILES string of the molecule is CCC(C)C(NC(=O)C(NC(=O)C(N)CCCCN)C(C)O)C(=O)NC(Cc1cnc[nH]1)C(=O)O. The predicted molar refractivity (Wildman–Crippen MR) is 128 cm³/mol. The Bertz CT molecular complexity index is 817. The molecule has 0 saturated carbocycles. The van der Waals surface area contributed by atoms with E-state index in [2.05, 4.69) is 25.9 Å². The van der Waals surface area contributed by atoms with Gasteiger partial charge in [-0.15, -0.1) is 0 Å². The number of amides is 3. The van der Waals surface area contributed by atoms with Crippen LogP contribution in [0.5, 0.6) is 0 Å². The lowest BCUT2D eigenvalue weighted by Crippen LogP contribution is -2.61. The average molecular weight is 498 g/mol. The summed E-state index contributed by atoms with van der Waals surface area (Å²) in [6.07, 6.45) is 3.73. The molecule has 0 saturated heterocycles. The van der Waals surface area contributed by atoms with Crippen molar-refractivity contribution in [3.05, 3.63) is 18.2 Å². The molecule has 13 nitrogen and oxygen atoms in total. The van der Waals surface area contributed by atoms with Crippen molar-refractivity contribution in [1.29, 1.82) is 0 Å². The molecule has 0 aliphatic rings. The highest BCUT2D eigenvalue weighted by molar-refractivity contribution is 5.94. The van der Waals surface area contributed by atoms with E-state index in [1.807, 2.05) is 6.92 Å². The van der Waals surface area contributed by atoms with Gasteiger partial charge in [0.05, 0.1) is 18.5 Å². The summed E-state index contributed by atoms with van der Waals surface area (Å²) in [7, 11) is 0. The van der Waals surface area contributed by atoms with Crippen LogP contribution in [-0.4, -0.2) is 80.7 Å². The largest absolute Gasteiger partial charge is 0.480 e. The molecule has 0 aliphatic carbocycles. The molecule has 1 rings (SSSR count). The van der Waals surface area contributed by atoms with Gasteiger partial charge in [0, 0.05) is 18.3 Å². The molecule has 13 heteroatoms. The molecule has 10 N–H and O–H groups in total. The molecular formula is C22H39N7O6. The highest BCUT2D eigenvalue weighted by atomic mass is 16.4. The van der Waals surface area contributed by atoms with E-state index in [1.165, 1.54) is 19.4 Å². The Hall–Kier alpha value is -3.03. The number of H-pyrrole nitrogens is 1. The lowest BCUT2D eigenvalue weighted by molar-refractivity contribution is -0.142. The molecule has 0 radical (unpaired) electrons. The van der Waals surface area contributed by atoms with Crippen LogP contribution in [0.4, 0.5) is 0 Å². The van der Waals surface area contributed by atoms with E-state index in [9.17, 15) is 29.4 Å². The summed E-state index contributed by atoms with van der Waals surface area (Å²) in [4.78, 5) is 56.7. The minimum Gasteiger partial charge on any atom is -0.480 e. The minimum atomic E-state index is -1.36. The quantitative estimate of drug-likeness (QED) is 0.123. The number of hydrogen-bond acceptors (Lipinski definition) is 8. The Morgan fingerprint density at radius 1 is 1.06 bits per heavy atom. The van der Waals surface area contributed by atoms with Gasteiger partial charge in [-0.3, -0.25) is 14.4 Å². The van der Waals surface area contributed by atoms with Gasteiger partial charge in [-0.25, -0.2) is 9.78 Å². The van der Waals surface area contributed by atoms with Gasteiger partial charge in [-0.05, 0) is 32.2 Å². The van der Waals surface area contributed by atoms with E-state index >= 15 is 0 Å². The number of imidazole rings is 1. The number of aliphatic carboxylic acids is 1. The molecule has 6 atom stereocenters. The van der Waals surface area contributed by atoms with Crippen LogP contribution in [0.2, 0.25) is 0 Å². The van der Waals surface area contributed by atoms with E-state index in [-0.39, 0.29) is 12.3 Å². The number of carboxylic acid groups (broad SMARTS) is 1. The summed E-state index contributed by atoms with van der Waals surface area (Å²) in [6.45, 7) is 5.33. The maximum atomic E-state index is 13.0. The Morgan fingerprint density at radius 3 is 2.20 bits per heavy atom. The number of carbonyl (C=O) groups is 4. The Kier molecular flexibility index (Phi) is 12.9. The van der Waals surface area contributed by atoms with E-state index in [1.54, 1.807) is 6.92 Å². The number of nitrogens with zero attached hydrogens (tertiary/aromatic N) is 1. The Morgan fingerprint density at radius 2 is 1.69 bits per heavy atom. The fraction of sp³-hybridized carbons (Fsp3) is 0.682. The third-order valence-corrected chi connectivity index (χ3v) is 5.76. The molecule has 0 bridgehead atoms. The maximum Gasteiger partial charge on any atom is 0.326 e. The van der Waals surface area contributed by atoms with Crippen molar-refractivity contribution in [3.63, 3.8) is 0 Å². The highest BCUT2D eigenvalue weighted by Crippen LogP contribution is 2.11. The number of carboxylic acids is 1. The predicted octanol–water partition coefficient (Wildman–Crippen LogP) is -1.63. The summed E-state index contributed by atoms with van der Waals surface area (Å²) in [5.74, 6) is -3.72. The molecule has 1 aromatic heterocycles. The van der Waals surface area contributed by atoms with Gasteiger partial charge in [-0.1, -0.05) is 26.7 Å². The molecule has 0 aliphatic heterocycles. The van der Waals surface area contributed by atoms with Crippen molar-refractivity contribution in [2.45, 2.75) is 83.1 Å². The van der Waals surface area contributed by atoms with Gasteiger partial charge in [0.15, 0.2) is 0 Å². The summed E-state index contributed by atoms with van der Waals surface area (Å²) >= 11 is 0. The maximum absolute atomic E-state index is 13.0. The fourth-order valence-electron chi connectivity index (χ4n) is 3.33. The van der Waals surface area contributed by atoms with Crippen LogP contribution in [0.1, 0.15) is 52.1 Å². The molecule has 198 valence electrons. The highest BCUT2D eigenvalue weighted by Gasteiger charge is 2.34. The summed E-state index contributed by atoms with van der Waals surface area (Å²) in [5, 5.41) is 27.1. The summed E-state index contributed by atoms with van der Waals surface area (Å²) < 4.78 is 0. The zero-order valence-corrected chi connectivity index (χ0v) is 20.5. The minimum absolute atomic E-state index is 0.0311. The first kappa shape index (κ1) is 30.0. The number of nitrogens with two attached hydrogens (primary N) is 2. The van der Waals surface area contributed by atoms with Crippen LogP contribution < -0.4 is 27.4 Å². The molecule has 35 heavy (non-hydrogen) atoms. The first-order valence-electron chi connectivity index (χ1n) is 11.8. The van der Waals surface area contributed by atoms with Crippen LogP contribution in [0, 0.1) is 5.92 Å².